The van der Waals surface area contributed by atoms with E-state index >= 15 is 0 Å². The van der Waals surface area contributed by atoms with Crippen molar-refractivity contribution in [3.05, 3.63) is 65.5 Å². The Morgan fingerprint density at radius 2 is 2.15 bits per heavy atom. The molecule has 0 saturated carbocycles. The van der Waals surface area contributed by atoms with Crippen LogP contribution >= 0.6 is 0 Å². The number of benzene rings is 1. The molecule has 1 amide bonds. The zero-order chi connectivity index (χ0) is 22.9. The zero-order valence-corrected chi connectivity index (χ0v) is 17.8. The van der Waals surface area contributed by atoms with E-state index in [-0.39, 0.29) is 13.1 Å². The number of nitrogens with one attached hydrogen (secondary N) is 2. The summed E-state index contributed by atoms with van der Waals surface area (Å²) in [5.74, 6) is 1.14. The van der Waals surface area contributed by atoms with Crippen LogP contribution in [-0.4, -0.2) is 49.7 Å². The first-order valence-corrected chi connectivity index (χ1v) is 10.4. The van der Waals surface area contributed by atoms with Crippen LogP contribution < -0.4 is 10.1 Å². The van der Waals surface area contributed by atoms with Gasteiger partial charge >= 0.3 is 6.09 Å². The first kappa shape index (κ1) is 20.7. The van der Waals surface area contributed by atoms with Crippen LogP contribution in [0.1, 0.15) is 16.8 Å². The highest BCUT2D eigenvalue weighted by Crippen LogP contribution is 2.30. The van der Waals surface area contributed by atoms with Crippen LogP contribution in [0.3, 0.4) is 0 Å². The Kier molecular flexibility index (Phi) is 5.25. The summed E-state index contributed by atoms with van der Waals surface area (Å²) in [6.45, 7) is 0.916. The average Bonchev–Trinajstić information content (AvgIpc) is 3.43. The van der Waals surface area contributed by atoms with Crippen LogP contribution in [-0.2, 0) is 19.5 Å². The van der Waals surface area contributed by atoms with E-state index in [9.17, 15) is 14.3 Å². The van der Waals surface area contributed by atoms with Crippen molar-refractivity contribution in [1.29, 1.82) is 0 Å². The van der Waals surface area contributed by atoms with Crippen molar-refractivity contribution in [3.63, 3.8) is 0 Å². The topological polar surface area (TPSA) is 116 Å². The molecule has 10 heteroatoms. The van der Waals surface area contributed by atoms with Gasteiger partial charge < -0.3 is 20.1 Å². The molecule has 4 aromatic rings. The minimum atomic E-state index is -1.03. The number of halogens is 1. The number of hydrogen-bond donors (Lipinski definition) is 3. The lowest BCUT2D eigenvalue weighted by atomic mass is 10.1. The number of pyridine rings is 1. The maximum Gasteiger partial charge on any atom is 0.407 e. The lowest BCUT2D eigenvalue weighted by molar-refractivity contribution is 0.145. The van der Waals surface area contributed by atoms with Crippen LogP contribution in [0.5, 0.6) is 5.75 Å². The highest BCUT2D eigenvalue weighted by atomic mass is 19.1. The molecule has 9 nitrogen and oxygen atoms in total. The summed E-state index contributed by atoms with van der Waals surface area (Å²) in [6.07, 6.45) is 4.25. The van der Waals surface area contributed by atoms with E-state index in [1.54, 1.807) is 7.11 Å². The van der Waals surface area contributed by atoms with Gasteiger partial charge in [0.25, 0.3) is 0 Å². The minimum Gasteiger partial charge on any atom is -0.497 e. The summed E-state index contributed by atoms with van der Waals surface area (Å²) in [4.78, 5) is 29.0. The number of nitrogens with zero attached hydrogens (tertiary/aromatic N) is 4. The number of aromatic amines is 1. The fourth-order valence-electron chi connectivity index (χ4n) is 4.01. The highest BCUT2D eigenvalue weighted by Gasteiger charge is 2.28. The summed E-state index contributed by atoms with van der Waals surface area (Å²) in [6, 6.07) is 7.19. The number of amides is 1. The molecule has 0 unspecified atom stereocenters. The molecule has 1 aromatic carbocycles. The molecule has 4 heterocycles. The van der Waals surface area contributed by atoms with E-state index in [2.05, 4.69) is 25.3 Å². The number of H-pyrrole nitrogens is 1. The number of methoxy groups -OCH3 is 1. The number of carbonyl (C=O) groups is 1. The molecule has 0 atom stereocenters. The van der Waals surface area contributed by atoms with Crippen LogP contribution in [0.2, 0.25) is 0 Å². The molecule has 1 aliphatic heterocycles. The van der Waals surface area contributed by atoms with Crippen molar-refractivity contribution in [3.8, 4) is 17.1 Å². The van der Waals surface area contributed by atoms with Gasteiger partial charge in [-0.2, -0.15) is 0 Å². The van der Waals surface area contributed by atoms with Gasteiger partial charge in [0.2, 0.25) is 0 Å². The first-order valence-electron chi connectivity index (χ1n) is 10.4. The second-order valence-corrected chi connectivity index (χ2v) is 7.75. The third-order valence-corrected chi connectivity index (χ3v) is 5.68. The minimum absolute atomic E-state index is 0.155. The fraction of sp³-hybridized carbons (Fsp3) is 0.217. The van der Waals surface area contributed by atoms with Crippen molar-refractivity contribution in [1.82, 2.24) is 24.8 Å². The Bertz CT molecular complexity index is 1360. The van der Waals surface area contributed by atoms with Gasteiger partial charge in [-0.15, -0.1) is 0 Å². The van der Waals surface area contributed by atoms with Crippen molar-refractivity contribution in [2.75, 3.05) is 19.0 Å². The number of aromatic nitrogens is 4. The Balaban J connectivity index is 1.41. The largest absolute Gasteiger partial charge is 0.497 e. The van der Waals surface area contributed by atoms with Crippen LogP contribution in [0.4, 0.5) is 15.0 Å². The molecule has 1 aliphatic rings. The van der Waals surface area contributed by atoms with Gasteiger partial charge in [0, 0.05) is 47.0 Å². The van der Waals surface area contributed by atoms with Gasteiger partial charge in [0.15, 0.2) is 5.82 Å². The van der Waals surface area contributed by atoms with Crippen LogP contribution in [0.25, 0.3) is 22.3 Å². The first-order chi connectivity index (χ1) is 16.0. The summed E-state index contributed by atoms with van der Waals surface area (Å²) in [7, 11) is 1.63. The summed E-state index contributed by atoms with van der Waals surface area (Å²) < 4.78 is 19.0. The number of ether oxygens (including phenoxy) is 1. The molecule has 0 aliphatic carbocycles. The third kappa shape index (κ3) is 4.02. The highest BCUT2D eigenvalue weighted by molar-refractivity contribution is 5.84. The van der Waals surface area contributed by atoms with Gasteiger partial charge in [0.05, 0.1) is 32.1 Å². The molecule has 3 aromatic heterocycles. The van der Waals surface area contributed by atoms with E-state index in [1.807, 2.05) is 24.4 Å². The van der Waals surface area contributed by atoms with E-state index in [0.717, 1.165) is 34.0 Å². The van der Waals surface area contributed by atoms with Crippen molar-refractivity contribution >= 4 is 22.8 Å². The second-order valence-electron chi connectivity index (χ2n) is 7.75. The van der Waals surface area contributed by atoms with Gasteiger partial charge in [-0.05, 0) is 30.2 Å². The van der Waals surface area contributed by atoms with E-state index in [1.165, 1.54) is 17.2 Å². The molecule has 0 fully saturated rings. The maximum atomic E-state index is 13.7. The smallest absolute Gasteiger partial charge is 0.407 e. The molecule has 0 bridgehead atoms. The molecule has 33 heavy (non-hydrogen) atoms. The number of anilines is 1. The van der Waals surface area contributed by atoms with Gasteiger partial charge in [0.1, 0.15) is 17.4 Å². The number of rotatable bonds is 6. The predicted molar refractivity (Wildman–Crippen MR) is 120 cm³/mol. The van der Waals surface area contributed by atoms with Crippen molar-refractivity contribution < 1.29 is 19.0 Å². The quantitative estimate of drug-likeness (QED) is 0.411. The predicted octanol–water partition coefficient (Wildman–Crippen LogP) is 3.82. The Labute approximate surface area is 188 Å². The lowest BCUT2D eigenvalue weighted by Gasteiger charge is -2.12. The van der Waals surface area contributed by atoms with Crippen molar-refractivity contribution in [2.24, 2.45) is 0 Å². The van der Waals surface area contributed by atoms with Crippen LogP contribution in [0.15, 0.2) is 42.9 Å². The van der Waals surface area contributed by atoms with Gasteiger partial charge in [-0.25, -0.2) is 19.2 Å². The van der Waals surface area contributed by atoms with E-state index in [0.29, 0.717) is 35.9 Å². The van der Waals surface area contributed by atoms with Crippen molar-refractivity contribution in [2.45, 2.75) is 19.5 Å². The molecular formula is C23H21FN6O3. The number of hydrogen-bond acceptors (Lipinski definition) is 6. The standard InChI is InChI=1S/C23H21FN6O3/c1-33-16-2-3-17-13(9-27-19(17)7-16)4-5-26-22-18-11-30(23(31)32)12-20(18)28-21(29-22)14-6-15(24)10-25-8-14/h2-3,6-10,27H,4-5,11-12H2,1H3,(H,31,32)(H,26,28,29). The van der Waals surface area contributed by atoms with E-state index < -0.39 is 11.9 Å². The number of fused-ring (bicyclic) bond motifs is 2. The normalized spacial score (nSPS) is 12.7. The second kappa shape index (κ2) is 8.38. The molecule has 0 spiro atoms. The molecule has 5 rings (SSSR count). The summed E-state index contributed by atoms with van der Waals surface area (Å²) in [5.41, 5.74) is 3.89. The Morgan fingerprint density at radius 1 is 1.27 bits per heavy atom. The van der Waals surface area contributed by atoms with Gasteiger partial charge in [-0.3, -0.25) is 9.88 Å². The zero-order valence-electron chi connectivity index (χ0n) is 17.8. The van der Waals surface area contributed by atoms with Gasteiger partial charge in [-0.1, -0.05) is 0 Å². The lowest BCUT2D eigenvalue weighted by Crippen LogP contribution is -2.22. The molecule has 3 N–H and O–H groups in total. The third-order valence-electron chi connectivity index (χ3n) is 5.68. The van der Waals surface area contributed by atoms with Crippen LogP contribution in [0, 0.1) is 5.82 Å². The fourth-order valence-corrected chi connectivity index (χ4v) is 4.01. The molecular weight excluding hydrogens is 427 g/mol. The monoisotopic (exact) mass is 448 g/mol. The summed E-state index contributed by atoms with van der Waals surface area (Å²) in [5, 5.41) is 13.9. The molecule has 0 saturated heterocycles. The SMILES string of the molecule is COc1ccc2c(CCNc3nc(-c4cncc(F)c4)nc4c3CN(C(=O)O)C4)c[nH]c2c1. The number of carboxylic acid groups (broad SMARTS) is 1. The van der Waals surface area contributed by atoms with E-state index in [4.69, 9.17) is 4.74 Å². The Hall–Kier alpha value is -4.21. The summed E-state index contributed by atoms with van der Waals surface area (Å²) >= 11 is 0. The molecule has 168 valence electrons. The Morgan fingerprint density at radius 3 is 2.94 bits per heavy atom. The molecule has 0 radical (unpaired) electrons. The average molecular weight is 448 g/mol. The maximum absolute atomic E-state index is 13.7.